The van der Waals surface area contributed by atoms with Crippen LogP contribution in [0.15, 0.2) is 0 Å². The molecule has 0 saturated carbocycles. The Morgan fingerprint density at radius 1 is 0.893 bits per heavy atom. The van der Waals surface area contributed by atoms with Crippen LogP contribution in [0.2, 0.25) is 0 Å². The van der Waals surface area contributed by atoms with Crippen LogP contribution in [0.1, 0.15) is 33.6 Å². The lowest BCUT2D eigenvalue weighted by atomic mass is 10.0. The zero-order valence-electron chi connectivity index (χ0n) is 16.0. The third-order valence-electron chi connectivity index (χ3n) is 3.80. The maximum atomic E-state index is 12.1. The first-order valence-electron chi connectivity index (χ1n) is 8.62. The molecular formula is C16H28N4O8. The van der Waals surface area contributed by atoms with Crippen molar-refractivity contribution in [3.8, 4) is 0 Å². The fourth-order valence-electron chi connectivity index (χ4n) is 2.05. The Morgan fingerprint density at radius 3 is 1.89 bits per heavy atom. The van der Waals surface area contributed by atoms with Gasteiger partial charge in [-0.3, -0.25) is 19.2 Å². The van der Waals surface area contributed by atoms with Gasteiger partial charge in [0, 0.05) is 6.42 Å². The van der Waals surface area contributed by atoms with Crippen molar-refractivity contribution >= 4 is 29.7 Å². The summed E-state index contributed by atoms with van der Waals surface area (Å²) in [4.78, 5) is 57.7. The SMILES string of the molecule is CC(C)[C@H](NC(=O)[C@H](C)NC(=O)[C@H](CO)NC(=O)[C@@H](N)CCC(=O)O)C(=O)O. The smallest absolute Gasteiger partial charge is 0.326 e. The van der Waals surface area contributed by atoms with Gasteiger partial charge in [0.2, 0.25) is 17.7 Å². The molecular weight excluding hydrogens is 376 g/mol. The van der Waals surface area contributed by atoms with Crippen molar-refractivity contribution in [2.24, 2.45) is 11.7 Å². The fraction of sp³-hybridized carbons (Fsp3) is 0.688. The highest BCUT2D eigenvalue weighted by Gasteiger charge is 2.29. The Bertz CT molecular complexity index is 595. The molecule has 12 heteroatoms. The number of hydrogen-bond donors (Lipinski definition) is 7. The van der Waals surface area contributed by atoms with E-state index in [-0.39, 0.29) is 18.8 Å². The summed E-state index contributed by atoms with van der Waals surface area (Å²) in [6, 6.07) is -4.90. The molecule has 0 radical (unpaired) electrons. The molecule has 0 aromatic heterocycles. The van der Waals surface area contributed by atoms with Crippen molar-refractivity contribution in [1.29, 1.82) is 0 Å². The summed E-state index contributed by atoms with van der Waals surface area (Å²) in [7, 11) is 0. The molecule has 0 saturated heterocycles. The highest BCUT2D eigenvalue weighted by molar-refractivity contribution is 5.94. The topological polar surface area (TPSA) is 208 Å². The second-order valence-electron chi connectivity index (χ2n) is 6.58. The van der Waals surface area contributed by atoms with E-state index in [1.165, 1.54) is 6.92 Å². The normalized spacial score (nSPS) is 15.1. The van der Waals surface area contributed by atoms with Crippen LogP contribution in [0.4, 0.5) is 0 Å². The number of carbonyl (C=O) groups excluding carboxylic acids is 3. The molecule has 3 amide bonds. The lowest BCUT2D eigenvalue weighted by Gasteiger charge is -2.23. The Morgan fingerprint density at radius 2 is 1.46 bits per heavy atom. The molecule has 0 fully saturated rings. The molecule has 28 heavy (non-hydrogen) atoms. The van der Waals surface area contributed by atoms with Gasteiger partial charge in [0.1, 0.15) is 18.1 Å². The maximum absolute atomic E-state index is 12.1. The van der Waals surface area contributed by atoms with E-state index in [4.69, 9.17) is 15.9 Å². The number of nitrogens with one attached hydrogen (secondary N) is 3. The number of aliphatic hydroxyl groups excluding tert-OH is 1. The molecule has 0 aliphatic heterocycles. The van der Waals surface area contributed by atoms with E-state index in [2.05, 4.69) is 16.0 Å². The van der Waals surface area contributed by atoms with E-state index in [0.717, 1.165) is 0 Å². The molecule has 0 heterocycles. The summed E-state index contributed by atoms with van der Waals surface area (Å²) < 4.78 is 0. The molecule has 0 aromatic carbocycles. The van der Waals surface area contributed by atoms with Crippen LogP contribution in [0.5, 0.6) is 0 Å². The molecule has 160 valence electrons. The third-order valence-corrected chi connectivity index (χ3v) is 3.80. The van der Waals surface area contributed by atoms with Crippen LogP contribution >= 0.6 is 0 Å². The van der Waals surface area contributed by atoms with Crippen molar-refractivity contribution in [1.82, 2.24) is 16.0 Å². The third kappa shape index (κ3) is 8.77. The summed E-state index contributed by atoms with van der Waals surface area (Å²) in [6.07, 6.45) is -0.506. The van der Waals surface area contributed by atoms with Gasteiger partial charge in [-0.25, -0.2) is 4.79 Å². The van der Waals surface area contributed by atoms with Crippen LogP contribution in [0, 0.1) is 5.92 Å². The monoisotopic (exact) mass is 404 g/mol. The minimum atomic E-state index is -1.42. The molecule has 0 spiro atoms. The van der Waals surface area contributed by atoms with Crippen LogP contribution in [-0.4, -0.2) is 75.8 Å². The largest absolute Gasteiger partial charge is 0.481 e. The molecule has 0 bridgehead atoms. The second-order valence-corrected chi connectivity index (χ2v) is 6.58. The fourth-order valence-corrected chi connectivity index (χ4v) is 2.05. The lowest BCUT2D eigenvalue weighted by molar-refractivity contribution is -0.143. The summed E-state index contributed by atoms with van der Waals surface area (Å²) in [5.74, 6) is -5.23. The first kappa shape index (κ1) is 25.3. The predicted octanol–water partition coefficient (Wildman–Crippen LogP) is -2.61. The summed E-state index contributed by atoms with van der Waals surface area (Å²) in [5, 5.41) is 33.7. The van der Waals surface area contributed by atoms with Gasteiger partial charge in [0.15, 0.2) is 0 Å². The quantitative estimate of drug-likeness (QED) is 0.181. The average molecular weight is 404 g/mol. The van der Waals surface area contributed by atoms with Gasteiger partial charge in [-0.15, -0.1) is 0 Å². The minimum Gasteiger partial charge on any atom is -0.481 e. The van der Waals surface area contributed by atoms with Gasteiger partial charge in [-0.1, -0.05) is 13.8 Å². The highest BCUT2D eigenvalue weighted by Crippen LogP contribution is 2.02. The Kier molecular flexibility index (Phi) is 10.7. The molecule has 12 nitrogen and oxygen atoms in total. The van der Waals surface area contributed by atoms with E-state index < -0.39 is 60.4 Å². The second kappa shape index (κ2) is 11.9. The van der Waals surface area contributed by atoms with E-state index in [1.807, 2.05) is 0 Å². The van der Waals surface area contributed by atoms with Crippen molar-refractivity contribution < 1.29 is 39.3 Å². The van der Waals surface area contributed by atoms with Crippen molar-refractivity contribution in [3.63, 3.8) is 0 Å². The number of carbonyl (C=O) groups is 5. The van der Waals surface area contributed by atoms with E-state index in [0.29, 0.717) is 0 Å². The van der Waals surface area contributed by atoms with E-state index in [1.54, 1.807) is 13.8 Å². The number of nitrogens with two attached hydrogens (primary N) is 1. The highest BCUT2D eigenvalue weighted by atomic mass is 16.4. The van der Waals surface area contributed by atoms with Crippen molar-refractivity contribution in [2.45, 2.75) is 57.8 Å². The Balaban J connectivity index is 4.77. The first-order chi connectivity index (χ1) is 12.9. The Labute approximate surface area is 161 Å². The number of carboxylic acids is 2. The first-order valence-corrected chi connectivity index (χ1v) is 8.62. The number of aliphatic hydroxyl groups is 1. The van der Waals surface area contributed by atoms with Gasteiger partial charge < -0.3 is 37.0 Å². The van der Waals surface area contributed by atoms with Gasteiger partial charge >= 0.3 is 11.9 Å². The van der Waals surface area contributed by atoms with Crippen LogP contribution in [0.25, 0.3) is 0 Å². The lowest BCUT2D eigenvalue weighted by Crippen LogP contribution is -2.57. The maximum Gasteiger partial charge on any atom is 0.326 e. The summed E-state index contributed by atoms with van der Waals surface area (Å²) >= 11 is 0. The molecule has 0 aliphatic carbocycles. The molecule has 4 atom stereocenters. The molecule has 0 aliphatic rings. The Hall–Kier alpha value is -2.73. The molecule has 8 N–H and O–H groups in total. The standard InChI is InChI=1S/C16H28N4O8/c1-7(2)12(16(27)28)20-13(24)8(3)18-15(26)10(6-21)19-14(25)9(17)4-5-11(22)23/h7-10,12,21H,4-6,17H2,1-3H3,(H,18,26)(H,19,25)(H,20,24)(H,22,23)(H,27,28)/t8-,9-,10-,12-/m0/s1. The molecule has 0 unspecified atom stereocenters. The molecule has 0 rings (SSSR count). The number of hydrogen-bond acceptors (Lipinski definition) is 7. The van der Waals surface area contributed by atoms with Crippen molar-refractivity contribution in [3.05, 3.63) is 0 Å². The molecule has 0 aromatic rings. The number of rotatable bonds is 12. The average Bonchev–Trinajstić information content (AvgIpc) is 2.60. The van der Waals surface area contributed by atoms with Gasteiger partial charge in [-0.05, 0) is 19.3 Å². The minimum absolute atomic E-state index is 0.161. The van der Waals surface area contributed by atoms with Crippen LogP contribution in [-0.2, 0) is 24.0 Å². The van der Waals surface area contributed by atoms with E-state index >= 15 is 0 Å². The zero-order valence-corrected chi connectivity index (χ0v) is 16.0. The van der Waals surface area contributed by atoms with Crippen molar-refractivity contribution in [2.75, 3.05) is 6.61 Å². The van der Waals surface area contributed by atoms with Gasteiger partial charge in [0.25, 0.3) is 0 Å². The van der Waals surface area contributed by atoms with Crippen LogP contribution in [0.3, 0.4) is 0 Å². The van der Waals surface area contributed by atoms with E-state index in [9.17, 15) is 29.1 Å². The van der Waals surface area contributed by atoms with Gasteiger partial charge in [0.05, 0.1) is 12.6 Å². The summed E-state index contributed by atoms with van der Waals surface area (Å²) in [6.45, 7) is 3.73. The summed E-state index contributed by atoms with van der Waals surface area (Å²) in [5.41, 5.74) is 5.52. The number of amides is 3. The predicted molar refractivity (Wildman–Crippen MR) is 95.9 cm³/mol. The van der Waals surface area contributed by atoms with Crippen LogP contribution < -0.4 is 21.7 Å². The van der Waals surface area contributed by atoms with Gasteiger partial charge in [-0.2, -0.15) is 0 Å². The number of carboxylic acid groups (broad SMARTS) is 2. The zero-order chi connectivity index (χ0) is 22.0. The number of aliphatic carboxylic acids is 2.